The first-order valence-electron chi connectivity index (χ1n) is 9.79. The van der Waals surface area contributed by atoms with E-state index in [1.165, 1.54) is 5.56 Å². The zero-order chi connectivity index (χ0) is 20.6. The molecule has 2 heterocycles. The molecule has 29 heavy (non-hydrogen) atoms. The fourth-order valence-corrected chi connectivity index (χ4v) is 3.37. The Labute approximate surface area is 172 Å². The van der Waals surface area contributed by atoms with Gasteiger partial charge in [0.05, 0.1) is 12.8 Å². The van der Waals surface area contributed by atoms with Crippen LogP contribution in [0.1, 0.15) is 31.7 Å². The lowest BCUT2D eigenvalue weighted by Gasteiger charge is -2.20. The standard InChI is InChI=1S/C22H28N6O/c1-15(9-16(2)18-7-5-6-8-20(18)29-4)11-24-21-10-19(27-14-28-21)17-12-25-22(23-3)26-13-17/h5-8,10,12-16H,9,11H2,1-4H3,(H,23,25,26)(H,24,27,28). The van der Waals surface area contributed by atoms with Gasteiger partial charge in [-0.2, -0.15) is 0 Å². The van der Waals surface area contributed by atoms with Crippen LogP contribution in [-0.2, 0) is 0 Å². The van der Waals surface area contributed by atoms with Crippen molar-refractivity contribution >= 4 is 11.8 Å². The van der Waals surface area contributed by atoms with E-state index in [9.17, 15) is 0 Å². The number of hydrogen-bond donors (Lipinski definition) is 2. The van der Waals surface area contributed by atoms with Gasteiger partial charge < -0.3 is 15.4 Å². The van der Waals surface area contributed by atoms with Crippen LogP contribution in [-0.4, -0.2) is 40.6 Å². The lowest BCUT2D eigenvalue weighted by Crippen LogP contribution is -2.15. The number of para-hydroxylation sites is 1. The number of benzene rings is 1. The van der Waals surface area contributed by atoms with Gasteiger partial charge in [-0.15, -0.1) is 0 Å². The van der Waals surface area contributed by atoms with Crippen LogP contribution < -0.4 is 15.4 Å². The molecule has 0 bridgehead atoms. The summed E-state index contributed by atoms with van der Waals surface area (Å²) in [6.45, 7) is 5.31. The summed E-state index contributed by atoms with van der Waals surface area (Å²) in [5.41, 5.74) is 2.89. The Balaban J connectivity index is 1.59. The number of hydrogen-bond acceptors (Lipinski definition) is 7. The summed E-state index contributed by atoms with van der Waals surface area (Å²) in [5, 5.41) is 6.34. The summed E-state index contributed by atoms with van der Waals surface area (Å²) in [6.07, 6.45) is 6.11. The van der Waals surface area contributed by atoms with E-state index in [2.05, 4.69) is 56.5 Å². The molecular weight excluding hydrogens is 364 g/mol. The first kappa shape index (κ1) is 20.5. The van der Waals surface area contributed by atoms with Gasteiger partial charge in [0.2, 0.25) is 5.95 Å². The topological polar surface area (TPSA) is 84.9 Å². The van der Waals surface area contributed by atoms with Gasteiger partial charge in [-0.1, -0.05) is 32.0 Å². The van der Waals surface area contributed by atoms with Gasteiger partial charge in [-0.3, -0.25) is 0 Å². The Kier molecular flexibility index (Phi) is 6.94. The Morgan fingerprint density at radius 1 is 1.03 bits per heavy atom. The van der Waals surface area contributed by atoms with Crippen molar-refractivity contribution in [3.8, 4) is 17.0 Å². The van der Waals surface area contributed by atoms with Crippen molar-refractivity contribution < 1.29 is 4.74 Å². The van der Waals surface area contributed by atoms with Crippen molar-refractivity contribution in [1.82, 2.24) is 19.9 Å². The van der Waals surface area contributed by atoms with Gasteiger partial charge in [-0.05, 0) is 29.9 Å². The smallest absolute Gasteiger partial charge is 0.222 e. The van der Waals surface area contributed by atoms with Crippen LogP contribution in [0.15, 0.2) is 49.1 Å². The van der Waals surface area contributed by atoms with Crippen molar-refractivity contribution in [2.24, 2.45) is 5.92 Å². The van der Waals surface area contributed by atoms with Crippen molar-refractivity contribution in [3.05, 3.63) is 54.6 Å². The summed E-state index contributed by atoms with van der Waals surface area (Å²) in [5.74, 6) is 3.20. The molecule has 0 saturated carbocycles. The van der Waals surface area contributed by atoms with E-state index in [1.807, 2.05) is 18.2 Å². The summed E-state index contributed by atoms with van der Waals surface area (Å²) < 4.78 is 5.50. The summed E-state index contributed by atoms with van der Waals surface area (Å²) in [6, 6.07) is 10.1. The van der Waals surface area contributed by atoms with Crippen LogP contribution in [0.25, 0.3) is 11.3 Å². The highest BCUT2D eigenvalue weighted by atomic mass is 16.5. The molecule has 0 aliphatic carbocycles. The monoisotopic (exact) mass is 392 g/mol. The maximum atomic E-state index is 5.50. The maximum Gasteiger partial charge on any atom is 0.222 e. The zero-order valence-electron chi connectivity index (χ0n) is 17.4. The third-order valence-corrected chi connectivity index (χ3v) is 4.90. The number of aromatic nitrogens is 4. The van der Waals surface area contributed by atoms with Gasteiger partial charge in [-0.25, -0.2) is 19.9 Å². The van der Waals surface area contributed by atoms with Crippen LogP contribution in [0.5, 0.6) is 5.75 Å². The third-order valence-electron chi connectivity index (χ3n) is 4.90. The molecule has 2 atom stereocenters. The third kappa shape index (κ3) is 5.40. The Morgan fingerprint density at radius 3 is 2.52 bits per heavy atom. The van der Waals surface area contributed by atoms with Crippen LogP contribution >= 0.6 is 0 Å². The Hall–Kier alpha value is -3.22. The molecular formula is C22H28N6O. The molecule has 7 nitrogen and oxygen atoms in total. The van der Waals surface area contributed by atoms with Crippen molar-refractivity contribution in [3.63, 3.8) is 0 Å². The fraction of sp³-hybridized carbons (Fsp3) is 0.364. The minimum absolute atomic E-state index is 0.409. The number of nitrogens with one attached hydrogen (secondary N) is 2. The van der Waals surface area contributed by atoms with E-state index in [0.29, 0.717) is 17.8 Å². The second-order valence-electron chi connectivity index (χ2n) is 7.20. The van der Waals surface area contributed by atoms with Crippen molar-refractivity contribution in [2.75, 3.05) is 31.3 Å². The summed E-state index contributed by atoms with van der Waals surface area (Å²) in [4.78, 5) is 17.2. The van der Waals surface area contributed by atoms with Gasteiger partial charge >= 0.3 is 0 Å². The number of anilines is 2. The van der Waals surface area contributed by atoms with Crippen LogP contribution in [0.3, 0.4) is 0 Å². The van der Waals surface area contributed by atoms with E-state index >= 15 is 0 Å². The highest BCUT2D eigenvalue weighted by molar-refractivity contribution is 5.60. The Morgan fingerprint density at radius 2 is 1.79 bits per heavy atom. The average molecular weight is 393 g/mol. The normalized spacial score (nSPS) is 12.8. The molecule has 0 fully saturated rings. The van der Waals surface area contributed by atoms with E-state index in [4.69, 9.17) is 4.74 Å². The summed E-state index contributed by atoms with van der Waals surface area (Å²) >= 11 is 0. The molecule has 152 valence electrons. The molecule has 0 aliphatic rings. The van der Waals surface area contributed by atoms with Crippen LogP contribution in [0.2, 0.25) is 0 Å². The van der Waals surface area contributed by atoms with Gasteiger partial charge in [0, 0.05) is 37.6 Å². The zero-order valence-corrected chi connectivity index (χ0v) is 17.4. The van der Waals surface area contributed by atoms with Crippen LogP contribution in [0.4, 0.5) is 11.8 Å². The number of nitrogens with zero attached hydrogens (tertiary/aromatic N) is 4. The quantitative estimate of drug-likeness (QED) is 0.564. The molecule has 0 aliphatic heterocycles. The molecule has 0 spiro atoms. The number of ether oxygens (including phenoxy) is 1. The predicted octanol–water partition coefficient (Wildman–Crippen LogP) is 4.23. The highest BCUT2D eigenvalue weighted by Crippen LogP contribution is 2.30. The Bertz CT molecular complexity index is 915. The van der Waals surface area contributed by atoms with Gasteiger partial charge in [0.15, 0.2) is 0 Å². The maximum absolute atomic E-state index is 5.50. The van der Waals surface area contributed by atoms with Crippen molar-refractivity contribution in [2.45, 2.75) is 26.2 Å². The predicted molar refractivity (Wildman–Crippen MR) is 116 cm³/mol. The minimum atomic E-state index is 0.409. The largest absolute Gasteiger partial charge is 0.496 e. The first-order valence-corrected chi connectivity index (χ1v) is 9.79. The van der Waals surface area contributed by atoms with Gasteiger partial charge in [0.25, 0.3) is 0 Å². The number of methoxy groups -OCH3 is 1. The lowest BCUT2D eigenvalue weighted by molar-refractivity contribution is 0.400. The van der Waals surface area contributed by atoms with E-state index in [-0.39, 0.29) is 0 Å². The molecule has 3 aromatic rings. The average Bonchev–Trinajstić information content (AvgIpc) is 2.78. The molecule has 1 aromatic carbocycles. The second kappa shape index (κ2) is 9.82. The lowest BCUT2D eigenvalue weighted by atomic mass is 9.90. The number of rotatable bonds is 9. The molecule has 7 heteroatoms. The van der Waals surface area contributed by atoms with Crippen molar-refractivity contribution in [1.29, 1.82) is 0 Å². The van der Waals surface area contributed by atoms with Gasteiger partial charge in [0.1, 0.15) is 17.9 Å². The molecule has 0 radical (unpaired) electrons. The SMILES string of the molecule is CNc1ncc(-c2cc(NCC(C)CC(C)c3ccccc3OC)ncn2)cn1. The molecule has 0 amide bonds. The molecule has 2 aromatic heterocycles. The summed E-state index contributed by atoms with van der Waals surface area (Å²) in [7, 11) is 3.51. The minimum Gasteiger partial charge on any atom is -0.496 e. The van der Waals surface area contributed by atoms with E-state index in [0.717, 1.165) is 35.8 Å². The fourth-order valence-electron chi connectivity index (χ4n) is 3.37. The molecule has 2 N–H and O–H groups in total. The highest BCUT2D eigenvalue weighted by Gasteiger charge is 2.15. The molecule has 0 saturated heterocycles. The molecule has 2 unspecified atom stereocenters. The van der Waals surface area contributed by atoms with Crippen LogP contribution in [0, 0.1) is 5.92 Å². The van der Waals surface area contributed by atoms with E-state index < -0.39 is 0 Å². The first-order chi connectivity index (χ1) is 14.1. The van der Waals surface area contributed by atoms with E-state index in [1.54, 1.807) is 32.9 Å². The molecule has 3 rings (SSSR count). The second-order valence-corrected chi connectivity index (χ2v) is 7.20.